The monoisotopic (exact) mass is 313 g/mol. The zero-order valence-electron chi connectivity index (χ0n) is 11.4. The number of anilines is 2. The minimum Gasteiger partial charge on any atom is -0.444 e. The quantitative estimate of drug-likeness (QED) is 0.720. The number of carbonyl (C=O) groups is 1. The molecule has 0 spiro atoms. The summed E-state index contributed by atoms with van der Waals surface area (Å²) in [4.78, 5) is 16.3. The third kappa shape index (κ3) is 3.10. The van der Waals surface area contributed by atoms with Crippen molar-refractivity contribution in [3.8, 4) is 11.5 Å². The summed E-state index contributed by atoms with van der Waals surface area (Å²) >= 11 is 5.80. The van der Waals surface area contributed by atoms with E-state index in [4.69, 9.17) is 21.8 Å². The van der Waals surface area contributed by atoms with Gasteiger partial charge in [-0.3, -0.25) is 4.79 Å². The van der Waals surface area contributed by atoms with Crippen LogP contribution in [0, 0.1) is 0 Å². The summed E-state index contributed by atoms with van der Waals surface area (Å²) in [5.41, 5.74) is 7.85. The molecule has 3 N–H and O–H groups in total. The average molecular weight is 314 g/mol. The Kier molecular flexibility index (Phi) is 3.80. The number of benzene rings is 2. The maximum absolute atomic E-state index is 12.1. The van der Waals surface area contributed by atoms with Gasteiger partial charge in [-0.25, -0.2) is 4.98 Å². The maximum atomic E-state index is 12.1. The fourth-order valence-corrected chi connectivity index (χ4v) is 2.04. The summed E-state index contributed by atoms with van der Waals surface area (Å²) in [6, 6.07) is 13.9. The smallest absolute Gasteiger partial charge is 0.277 e. The maximum Gasteiger partial charge on any atom is 0.277 e. The van der Waals surface area contributed by atoms with Crippen LogP contribution in [-0.2, 0) is 0 Å². The molecule has 1 heterocycles. The Hall–Kier alpha value is -2.79. The van der Waals surface area contributed by atoms with Crippen LogP contribution in [0.4, 0.5) is 11.4 Å². The van der Waals surface area contributed by atoms with Crippen molar-refractivity contribution in [2.45, 2.75) is 0 Å². The molecule has 0 aliphatic heterocycles. The second kappa shape index (κ2) is 5.91. The highest BCUT2D eigenvalue weighted by atomic mass is 35.5. The Bertz CT molecular complexity index is 812. The summed E-state index contributed by atoms with van der Waals surface area (Å²) in [5, 5.41) is 3.32. The summed E-state index contributed by atoms with van der Waals surface area (Å²) in [6.07, 6.45) is 1.31. The van der Waals surface area contributed by atoms with Crippen molar-refractivity contribution in [3.63, 3.8) is 0 Å². The number of halogens is 1. The fourth-order valence-electron chi connectivity index (χ4n) is 1.91. The number of nitrogens with two attached hydrogens (primary N) is 1. The minimum absolute atomic E-state index is 0.187. The molecule has 5 nitrogen and oxygen atoms in total. The molecule has 0 aliphatic rings. The molecule has 22 heavy (non-hydrogen) atoms. The van der Waals surface area contributed by atoms with Gasteiger partial charge in [-0.1, -0.05) is 17.7 Å². The number of rotatable bonds is 3. The van der Waals surface area contributed by atoms with Crippen LogP contribution in [0.1, 0.15) is 10.5 Å². The lowest BCUT2D eigenvalue weighted by molar-refractivity contribution is 0.102. The van der Waals surface area contributed by atoms with Crippen LogP contribution < -0.4 is 11.1 Å². The number of amides is 1. The molecule has 0 radical (unpaired) electrons. The molecule has 0 saturated heterocycles. The van der Waals surface area contributed by atoms with E-state index in [9.17, 15) is 4.79 Å². The van der Waals surface area contributed by atoms with Gasteiger partial charge in [0.2, 0.25) is 5.89 Å². The van der Waals surface area contributed by atoms with Gasteiger partial charge in [0.1, 0.15) is 6.26 Å². The van der Waals surface area contributed by atoms with E-state index in [1.807, 2.05) is 6.07 Å². The lowest BCUT2D eigenvalue weighted by atomic mass is 10.2. The van der Waals surface area contributed by atoms with Crippen LogP contribution in [0.25, 0.3) is 11.5 Å². The Morgan fingerprint density at radius 3 is 2.68 bits per heavy atom. The largest absolute Gasteiger partial charge is 0.444 e. The Balaban J connectivity index is 1.78. The third-order valence-electron chi connectivity index (χ3n) is 2.97. The third-order valence-corrected chi connectivity index (χ3v) is 3.22. The van der Waals surface area contributed by atoms with Crippen LogP contribution in [0.3, 0.4) is 0 Å². The lowest BCUT2D eigenvalue weighted by Gasteiger charge is -2.02. The van der Waals surface area contributed by atoms with Crippen LogP contribution in [0.2, 0.25) is 5.02 Å². The highest BCUT2D eigenvalue weighted by Crippen LogP contribution is 2.21. The molecular formula is C16H12ClN3O2. The Labute approximate surface area is 131 Å². The molecule has 0 unspecified atom stereocenters. The average Bonchev–Trinajstić information content (AvgIpc) is 3.00. The van der Waals surface area contributed by atoms with Gasteiger partial charge < -0.3 is 15.5 Å². The van der Waals surface area contributed by atoms with Gasteiger partial charge in [-0.15, -0.1) is 0 Å². The first-order valence-electron chi connectivity index (χ1n) is 6.50. The number of carbonyl (C=O) groups excluding carboxylic acids is 1. The summed E-state index contributed by atoms with van der Waals surface area (Å²) in [7, 11) is 0. The van der Waals surface area contributed by atoms with Gasteiger partial charge in [0.15, 0.2) is 5.69 Å². The van der Waals surface area contributed by atoms with Crippen molar-refractivity contribution in [3.05, 3.63) is 65.5 Å². The van der Waals surface area contributed by atoms with E-state index in [2.05, 4.69) is 10.3 Å². The van der Waals surface area contributed by atoms with E-state index in [-0.39, 0.29) is 11.6 Å². The highest BCUT2D eigenvalue weighted by molar-refractivity contribution is 6.30. The zero-order chi connectivity index (χ0) is 15.5. The molecule has 0 aliphatic carbocycles. The minimum atomic E-state index is -0.360. The van der Waals surface area contributed by atoms with Crippen molar-refractivity contribution in [2.75, 3.05) is 11.1 Å². The van der Waals surface area contributed by atoms with Crippen molar-refractivity contribution < 1.29 is 9.21 Å². The molecule has 110 valence electrons. The first-order valence-corrected chi connectivity index (χ1v) is 6.88. The van der Waals surface area contributed by atoms with E-state index in [1.165, 1.54) is 6.26 Å². The molecule has 0 fully saturated rings. The normalized spacial score (nSPS) is 10.4. The first-order chi connectivity index (χ1) is 10.6. The molecule has 0 atom stereocenters. The highest BCUT2D eigenvalue weighted by Gasteiger charge is 2.13. The Morgan fingerprint density at radius 1 is 1.18 bits per heavy atom. The van der Waals surface area contributed by atoms with E-state index in [1.54, 1.807) is 42.5 Å². The van der Waals surface area contributed by atoms with Gasteiger partial charge in [-0.05, 0) is 42.5 Å². The molecule has 1 amide bonds. The topological polar surface area (TPSA) is 81.1 Å². The molecular weight excluding hydrogens is 302 g/mol. The predicted octanol–water partition coefficient (Wildman–Crippen LogP) is 3.83. The molecule has 1 aromatic heterocycles. The number of oxazole rings is 1. The summed E-state index contributed by atoms with van der Waals surface area (Å²) in [5.74, 6) is -0.0187. The summed E-state index contributed by atoms with van der Waals surface area (Å²) in [6.45, 7) is 0. The number of nitrogen functional groups attached to an aromatic ring is 1. The zero-order valence-corrected chi connectivity index (χ0v) is 12.2. The number of nitrogens with one attached hydrogen (secondary N) is 1. The number of hydrogen-bond acceptors (Lipinski definition) is 4. The number of nitrogens with zero attached hydrogens (tertiary/aromatic N) is 1. The lowest BCUT2D eigenvalue weighted by Crippen LogP contribution is -2.12. The van der Waals surface area contributed by atoms with Crippen molar-refractivity contribution >= 4 is 28.9 Å². The van der Waals surface area contributed by atoms with Crippen LogP contribution in [0.15, 0.2) is 59.2 Å². The van der Waals surface area contributed by atoms with Gasteiger partial charge in [0, 0.05) is 22.0 Å². The molecule has 3 aromatic rings. The second-order valence-electron chi connectivity index (χ2n) is 4.62. The molecule has 0 saturated carbocycles. The first kappa shape index (κ1) is 14.2. The van der Waals surface area contributed by atoms with Crippen LogP contribution in [0.5, 0.6) is 0 Å². The number of hydrogen-bond donors (Lipinski definition) is 2. The standard InChI is InChI=1S/C16H12ClN3O2/c17-11-4-6-13(7-5-11)19-15(21)14-9-22-16(20-14)10-2-1-3-12(18)8-10/h1-9H,18H2,(H,19,21). The van der Waals surface area contributed by atoms with Crippen molar-refractivity contribution in [1.82, 2.24) is 4.98 Å². The Morgan fingerprint density at radius 2 is 1.95 bits per heavy atom. The van der Waals surface area contributed by atoms with E-state index in [0.29, 0.717) is 27.9 Å². The van der Waals surface area contributed by atoms with Crippen molar-refractivity contribution in [1.29, 1.82) is 0 Å². The number of aromatic nitrogens is 1. The van der Waals surface area contributed by atoms with Gasteiger partial charge in [-0.2, -0.15) is 0 Å². The second-order valence-corrected chi connectivity index (χ2v) is 5.06. The van der Waals surface area contributed by atoms with Crippen LogP contribution in [-0.4, -0.2) is 10.9 Å². The summed E-state index contributed by atoms with van der Waals surface area (Å²) < 4.78 is 5.34. The van der Waals surface area contributed by atoms with E-state index < -0.39 is 0 Å². The predicted molar refractivity (Wildman–Crippen MR) is 85.8 cm³/mol. The van der Waals surface area contributed by atoms with Crippen LogP contribution >= 0.6 is 11.6 Å². The molecule has 2 aromatic carbocycles. The van der Waals surface area contributed by atoms with Crippen molar-refractivity contribution in [2.24, 2.45) is 0 Å². The fraction of sp³-hybridized carbons (Fsp3) is 0. The van der Waals surface area contributed by atoms with Gasteiger partial charge >= 0.3 is 0 Å². The van der Waals surface area contributed by atoms with Gasteiger partial charge in [0.05, 0.1) is 0 Å². The molecule has 3 rings (SSSR count). The SMILES string of the molecule is Nc1cccc(-c2nc(C(=O)Nc3ccc(Cl)cc3)co2)c1. The van der Waals surface area contributed by atoms with E-state index >= 15 is 0 Å². The molecule has 0 bridgehead atoms. The van der Waals surface area contributed by atoms with E-state index in [0.717, 1.165) is 0 Å². The molecule has 6 heteroatoms. The van der Waals surface area contributed by atoms with Gasteiger partial charge in [0.25, 0.3) is 5.91 Å².